The molecule has 0 amide bonds. The number of fused-ring (bicyclic) bond motifs is 18. The number of nitrogens with one attached hydrogen (secondary N) is 6. The van der Waals surface area contributed by atoms with E-state index in [0.29, 0.717) is 0 Å². The summed E-state index contributed by atoms with van der Waals surface area (Å²) < 4.78 is 67.9. The molecule has 325 valence electrons. The molecule has 8 bridgehead atoms. The van der Waals surface area contributed by atoms with Crippen LogP contribution in [0.3, 0.4) is 0 Å². The molecule has 0 saturated heterocycles. The van der Waals surface area contributed by atoms with Crippen molar-refractivity contribution in [3.05, 3.63) is 52.4 Å². The first kappa shape index (κ1) is 55.6. The van der Waals surface area contributed by atoms with E-state index in [4.69, 9.17) is 37.3 Å². The second-order valence-corrected chi connectivity index (χ2v) is 13.2. The molecule has 6 heterocycles. The van der Waals surface area contributed by atoms with Crippen molar-refractivity contribution in [3.63, 3.8) is 0 Å². The van der Waals surface area contributed by atoms with Gasteiger partial charge in [-0.3, -0.25) is 14.9 Å². The molecule has 1 radical (unpaired) electrons. The third kappa shape index (κ3) is 29.4. The number of rotatable bonds is 0. The molecule has 3 aromatic rings. The van der Waals surface area contributed by atoms with Crippen LogP contribution in [0.2, 0.25) is 0 Å². The Kier molecular flexibility index (Phi) is 30.9. The van der Waals surface area contributed by atoms with E-state index in [9.17, 15) is 0 Å². The van der Waals surface area contributed by atoms with Crippen molar-refractivity contribution in [2.45, 2.75) is 39.3 Å². The monoisotopic (exact) mass is 927 g/mol. The largest absolute Gasteiger partial charge is 2.00 e. The zero-order chi connectivity index (χ0) is 37.0. The number of H-pyrrole nitrogens is 1. The number of nitrogens with two attached hydrogens (primary N) is 1. The van der Waals surface area contributed by atoms with Gasteiger partial charge in [0.2, 0.25) is 0 Å². The minimum atomic E-state index is -4.94. The summed E-state index contributed by atoms with van der Waals surface area (Å²) in [6, 6.07) is 6.40. The van der Waals surface area contributed by atoms with Gasteiger partial charge in [0, 0.05) is 116 Å². The summed E-state index contributed by atoms with van der Waals surface area (Å²) in [7, 11) is -9.89. The van der Waals surface area contributed by atoms with E-state index in [-0.39, 0.29) is 45.1 Å². The first-order valence-corrected chi connectivity index (χ1v) is 18.8. The second-order valence-electron chi connectivity index (χ2n) is 11.6. The topological polar surface area (TPSA) is 413 Å². The summed E-state index contributed by atoms with van der Waals surface area (Å²) in [6.45, 7) is 15.9. The summed E-state index contributed by atoms with van der Waals surface area (Å²) >= 11 is 0. The van der Waals surface area contributed by atoms with Gasteiger partial charge >= 0.3 is 34.1 Å². The Labute approximate surface area is 344 Å². The molecular weight excluding hydrogens is 878 g/mol. The van der Waals surface area contributed by atoms with Crippen molar-refractivity contribution in [2.24, 2.45) is 0 Å². The van der Waals surface area contributed by atoms with E-state index in [2.05, 4.69) is 90.5 Å². The summed E-state index contributed by atoms with van der Waals surface area (Å²) in [5.41, 5.74) is 6.23. The average Bonchev–Trinajstić information content (AvgIpc) is 3.80. The molecule has 0 saturated carbocycles. The molecule has 6 rings (SSSR count). The predicted octanol–water partition coefficient (Wildman–Crippen LogP) is -14.5. The maximum absolute atomic E-state index is 8.49. The Bertz CT molecular complexity index is 1110. The fourth-order valence-corrected chi connectivity index (χ4v) is 5.18. The number of hydrogen-bond donors (Lipinski definition) is 7. The van der Waals surface area contributed by atoms with Gasteiger partial charge in [-0.05, 0) is 6.07 Å². The number of nitrogens with zero attached hydrogens (tertiary/aromatic N) is 7. The van der Waals surface area contributed by atoms with Gasteiger partial charge < -0.3 is 63.2 Å². The van der Waals surface area contributed by atoms with E-state index < -0.39 is 20.5 Å². The van der Waals surface area contributed by atoms with Gasteiger partial charge in [-0.15, -0.1) is 31.9 Å². The normalized spacial score (nSPS) is 19.9. The first-order chi connectivity index (χ1) is 24.3. The Morgan fingerprint density at radius 2 is 0.964 bits per heavy atom. The summed E-state index contributed by atoms with van der Waals surface area (Å²) in [5.74, 6) is 0. The molecule has 0 aliphatic carbocycles. The minimum Gasteiger partial charge on any atom is -0.578 e. The van der Waals surface area contributed by atoms with Gasteiger partial charge in [0.05, 0.1) is 17.9 Å². The minimum absolute atomic E-state index is 0. The first-order valence-electron chi connectivity index (χ1n) is 16.3. The maximum Gasteiger partial charge on any atom is 2.00 e. The molecule has 12 N–H and O–H groups in total. The molecule has 3 aliphatic heterocycles. The van der Waals surface area contributed by atoms with Crippen molar-refractivity contribution in [1.82, 2.24) is 67.0 Å². The predicted molar refractivity (Wildman–Crippen MR) is 163 cm³/mol. The summed E-state index contributed by atoms with van der Waals surface area (Å²) in [5, 5.41) is 45.4. The summed E-state index contributed by atoms with van der Waals surface area (Å²) in [6.07, 6.45) is 0. The van der Waals surface area contributed by atoms with Gasteiger partial charge in [0.15, 0.2) is 0 Å². The third-order valence-electron chi connectivity index (χ3n) is 7.53. The van der Waals surface area contributed by atoms with Crippen LogP contribution in [0.4, 0.5) is 0 Å². The molecule has 2 unspecified atom stereocenters. The van der Waals surface area contributed by atoms with Crippen molar-refractivity contribution in [3.8, 4) is 0 Å². The van der Waals surface area contributed by atoms with Gasteiger partial charge in [-0.2, -0.15) is 5.10 Å². The van der Waals surface area contributed by atoms with Crippen molar-refractivity contribution in [1.29, 1.82) is 0 Å². The van der Waals surface area contributed by atoms with Crippen LogP contribution in [0, 0.1) is 20.5 Å². The number of aromatic nitrogens is 6. The Hall–Kier alpha value is -1.47. The molecule has 3 aromatic heterocycles. The van der Waals surface area contributed by atoms with E-state index in [0.717, 1.165) is 152 Å². The number of quaternary nitrogens is 1. The van der Waals surface area contributed by atoms with Crippen LogP contribution in [-0.4, -0.2) is 120 Å². The third-order valence-corrected chi connectivity index (χ3v) is 7.53. The average molecular weight is 930 g/mol. The van der Waals surface area contributed by atoms with Crippen LogP contribution < -0.4 is 79.4 Å². The van der Waals surface area contributed by atoms with Crippen molar-refractivity contribution < 1.29 is 108 Å². The second kappa shape index (κ2) is 30.6. The molecular formula is C27H51Cl2Cu2N14O10. The van der Waals surface area contributed by atoms with Crippen LogP contribution in [0.25, 0.3) is 0 Å². The van der Waals surface area contributed by atoms with E-state index in [1.807, 2.05) is 0 Å². The van der Waals surface area contributed by atoms with E-state index in [1.54, 1.807) is 0 Å². The van der Waals surface area contributed by atoms with E-state index >= 15 is 0 Å². The van der Waals surface area contributed by atoms with Crippen LogP contribution in [-0.2, 0) is 73.4 Å². The van der Waals surface area contributed by atoms with Gasteiger partial charge in [0.25, 0.3) is 0 Å². The molecule has 0 aromatic carbocycles. The Balaban J connectivity index is 0. The fourth-order valence-electron chi connectivity index (χ4n) is 5.18. The smallest absolute Gasteiger partial charge is 0.578 e. The zero-order valence-corrected chi connectivity index (χ0v) is 33.2. The van der Waals surface area contributed by atoms with E-state index in [1.165, 1.54) is 0 Å². The van der Waals surface area contributed by atoms with Crippen LogP contribution >= 0.6 is 0 Å². The van der Waals surface area contributed by atoms with Crippen LogP contribution in [0.15, 0.2) is 18.2 Å². The summed E-state index contributed by atoms with van der Waals surface area (Å²) in [4.78, 5) is 4.99. The number of aromatic amines is 1. The van der Waals surface area contributed by atoms with Gasteiger partial charge in [-0.25, -0.2) is 37.3 Å². The molecule has 24 nitrogen and oxygen atoms in total. The molecule has 2 atom stereocenters. The maximum atomic E-state index is 8.49. The Morgan fingerprint density at radius 3 is 1.47 bits per heavy atom. The number of halogens is 2. The molecule has 28 heteroatoms. The van der Waals surface area contributed by atoms with Crippen molar-refractivity contribution in [2.75, 3.05) is 78.5 Å². The van der Waals surface area contributed by atoms with Crippen LogP contribution in [0.5, 0.6) is 0 Å². The fraction of sp³-hybridized carbons (Fsp3) is 0.667. The van der Waals surface area contributed by atoms with Gasteiger partial charge in [-0.1, -0.05) is 12.1 Å². The quantitative estimate of drug-likeness (QED) is 0.103. The molecule has 0 spiro atoms. The molecule has 55 heavy (non-hydrogen) atoms. The van der Waals surface area contributed by atoms with Gasteiger partial charge in [0.1, 0.15) is 6.54 Å². The van der Waals surface area contributed by atoms with Crippen LogP contribution in [0.1, 0.15) is 34.2 Å². The Morgan fingerprint density at radius 1 is 0.564 bits per heavy atom. The van der Waals surface area contributed by atoms with Crippen molar-refractivity contribution >= 4 is 0 Å². The molecule has 0 fully saturated rings. The number of hydrogen-bond acceptors (Lipinski definition) is 18. The molecule has 3 aliphatic rings. The standard InChI is InChI=1S/C27H46N14.2ClHO4.2Cu.2H2O/c1-7-40-8-2-29-18-24-14-26(38-36-24)20-32-5-11-41(10-4-31-17-23-13-22(16-28-1)34-35-23)12-6-33-21-27-15-25(37-39-27)19-30-3-9-40;2*2-1(3,4)5;;;;/h13-15,28-33H,1-12,16-21H2,(H-2,34,35,36,37,38,39);2*(H,2,3,4,5);;;2*1H2/q-2;;;+1;+2;;/p-1. The zero-order valence-electron chi connectivity index (χ0n) is 29.8. The SMILES string of the molecule is O.O.[Cu+2].[Cu+].[O-][Cl+3]([O-])([O-])[O-].[O-][Cl+3]([O-])([O-])[O-].c1c2n[n-]c1CNCCN1CCNCc3cc([nH]n3)CNCCN(CCNC2)CC[NH2+]Cc2cc([n-]n2)CNCC1.